The Labute approximate surface area is 183 Å². The van der Waals surface area contributed by atoms with E-state index in [0.29, 0.717) is 27.9 Å². The van der Waals surface area contributed by atoms with Gasteiger partial charge in [0.15, 0.2) is 0 Å². The average molecular weight is 457 g/mol. The number of thiophene rings is 1. The highest BCUT2D eigenvalue weighted by molar-refractivity contribution is 7.89. The molecule has 0 fully saturated rings. The van der Waals surface area contributed by atoms with E-state index in [1.807, 2.05) is 29.6 Å². The van der Waals surface area contributed by atoms with Gasteiger partial charge in [-0.3, -0.25) is 0 Å². The highest BCUT2D eigenvalue weighted by atomic mass is 35.5. The molecule has 152 valence electrons. The molecule has 0 unspecified atom stereocenters. The first-order valence-electron chi connectivity index (χ1n) is 8.88. The minimum atomic E-state index is -3.76. The Hall–Kier alpha value is -2.78. The maximum absolute atomic E-state index is 11.5. The lowest BCUT2D eigenvalue weighted by Crippen LogP contribution is -2.12. The zero-order valence-corrected chi connectivity index (χ0v) is 18.2. The number of hydrogen-bond acceptors (Lipinski definition) is 6. The lowest BCUT2D eigenvalue weighted by Gasteiger charge is -2.11. The summed E-state index contributed by atoms with van der Waals surface area (Å²) in [5.74, 6) is 0.355. The predicted molar refractivity (Wildman–Crippen MR) is 122 cm³/mol. The predicted octanol–water partition coefficient (Wildman–Crippen LogP) is 5.22. The molecule has 30 heavy (non-hydrogen) atoms. The fourth-order valence-corrected chi connectivity index (χ4v) is 4.62. The lowest BCUT2D eigenvalue weighted by atomic mass is 10.1. The average Bonchev–Trinajstić information content (AvgIpc) is 3.21. The van der Waals surface area contributed by atoms with Gasteiger partial charge < -0.3 is 5.32 Å². The number of nitrogens with one attached hydrogen (secondary N) is 1. The number of benzene rings is 2. The fourth-order valence-electron chi connectivity index (χ4n) is 2.92. The van der Waals surface area contributed by atoms with E-state index in [4.69, 9.17) is 16.7 Å². The van der Waals surface area contributed by atoms with Crippen molar-refractivity contribution in [1.82, 2.24) is 9.97 Å². The van der Waals surface area contributed by atoms with E-state index in [0.717, 1.165) is 16.0 Å². The first-order chi connectivity index (χ1) is 14.3. The van der Waals surface area contributed by atoms with Crippen molar-refractivity contribution in [3.8, 4) is 21.7 Å². The number of halogens is 1. The van der Waals surface area contributed by atoms with Crippen molar-refractivity contribution in [3.63, 3.8) is 0 Å². The van der Waals surface area contributed by atoms with Crippen molar-refractivity contribution < 1.29 is 8.42 Å². The summed E-state index contributed by atoms with van der Waals surface area (Å²) in [6.45, 7) is 1.78. The number of aromatic nitrogens is 2. The number of hydrogen-bond donors (Lipinski definition) is 2. The zero-order valence-electron chi connectivity index (χ0n) is 15.8. The SMILES string of the molecule is Cc1cc(S(N)(=O)=O)ccc1Nc1ncc(Cl)c(-c2csc(-c3ccccc3)c2)n1. The molecule has 0 saturated carbocycles. The van der Waals surface area contributed by atoms with Crippen LogP contribution < -0.4 is 10.5 Å². The van der Waals surface area contributed by atoms with Gasteiger partial charge in [-0.25, -0.2) is 23.5 Å². The Bertz CT molecular complexity index is 1320. The van der Waals surface area contributed by atoms with Crippen molar-refractivity contribution >= 4 is 44.6 Å². The van der Waals surface area contributed by atoms with E-state index in [1.54, 1.807) is 30.5 Å². The van der Waals surface area contributed by atoms with Crippen molar-refractivity contribution in [2.24, 2.45) is 5.14 Å². The Balaban J connectivity index is 1.64. The fraction of sp³-hybridized carbons (Fsp3) is 0.0476. The van der Waals surface area contributed by atoms with Gasteiger partial charge in [0.25, 0.3) is 0 Å². The van der Waals surface area contributed by atoms with Crippen molar-refractivity contribution in [3.05, 3.63) is 76.8 Å². The van der Waals surface area contributed by atoms with Crippen LogP contribution in [-0.4, -0.2) is 18.4 Å². The van der Waals surface area contributed by atoms with E-state index in [-0.39, 0.29) is 4.90 Å². The molecule has 0 bridgehead atoms. The zero-order chi connectivity index (χ0) is 21.3. The summed E-state index contributed by atoms with van der Waals surface area (Å²) in [6.07, 6.45) is 1.54. The van der Waals surface area contributed by atoms with Crippen molar-refractivity contribution in [2.75, 3.05) is 5.32 Å². The molecule has 0 atom stereocenters. The molecule has 0 aliphatic carbocycles. The Morgan fingerprint density at radius 1 is 1.07 bits per heavy atom. The van der Waals surface area contributed by atoms with Gasteiger partial charge in [-0.2, -0.15) is 0 Å². The molecule has 0 saturated heterocycles. The largest absolute Gasteiger partial charge is 0.324 e. The Morgan fingerprint density at radius 2 is 1.83 bits per heavy atom. The van der Waals surface area contributed by atoms with E-state index in [9.17, 15) is 8.42 Å². The first kappa shape index (κ1) is 20.5. The van der Waals surface area contributed by atoms with Crippen LogP contribution in [-0.2, 0) is 10.0 Å². The van der Waals surface area contributed by atoms with Crippen LogP contribution in [0.25, 0.3) is 21.7 Å². The standard InChI is InChI=1S/C21H17ClN4O2S2/c1-13-9-16(30(23,27)28)7-8-18(13)25-21-24-11-17(22)20(26-21)15-10-19(29-12-15)14-5-3-2-4-6-14/h2-12H,1H3,(H2,23,27,28)(H,24,25,26). The molecule has 9 heteroatoms. The van der Waals surface area contributed by atoms with E-state index >= 15 is 0 Å². The maximum atomic E-state index is 11.5. The monoisotopic (exact) mass is 456 g/mol. The van der Waals surface area contributed by atoms with Crippen LogP contribution in [0.4, 0.5) is 11.6 Å². The molecule has 0 radical (unpaired) electrons. The molecule has 6 nitrogen and oxygen atoms in total. The first-order valence-corrected chi connectivity index (χ1v) is 11.7. The van der Waals surface area contributed by atoms with Crippen LogP contribution in [0.3, 0.4) is 0 Å². The second-order valence-electron chi connectivity index (χ2n) is 6.60. The topological polar surface area (TPSA) is 98.0 Å². The number of nitrogens with zero attached hydrogens (tertiary/aromatic N) is 2. The lowest BCUT2D eigenvalue weighted by molar-refractivity contribution is 0.597. The summed E-state index contributed by atoms with van der Waals surface area (Å²) >= 11 is 7.98. The highest BCUT2D eigenvalue weighted by Crippen LogP contribution is 2.35. The third kappa shape index (κ3) is 4.36. The summed E-state index contributed by atoms with van der Waals surface area (Å²) < 4.78 is 23.0. The second-order valence-corrected chi connectivity index (χ2v) is 9.48. The molecule has 0 aliphatic rings. The molecule has 2 aromatic heterocycles. The second kappa shape index (κ2) is 8.16. The summed E-state index contributed by atoms with van der Waals surface area (Å²) in [4.78, 5) is 9.98. The molecule has 4 aromatic rings. The quantitative estimate of drug-likeness (QED) is 0.428. The molecule has 0 amide bonds. The van der Waals surface area contributed by atoms with Crippen molar-refractivity contribution in [2.45, 2.75) is 11.8 Å². The molecule has 2 heterocycles. The number of nitrogens with two attached hydrogens (primary N) is 1. The minimum absolute atomic E-state index is 0.0509. The van der Waals surface area contributed by atoms with Gasteiger partial charge in [-0.15, -0.1) is 11.3 Å². The van der Waals surface area contributed by atoms with Gasteiger partial charge in [0.2, 0.25) is 16.0 Å². The molecule has 3 N–H and O–H groups in total. The smallest absolute Gasteiger partial charge is 0.238 e. The van der Waals surface area contributed by atoms with E-state index in [2.05, 4.69) is 27.4 Å². The van der Waals surface area contributed by atoms with Crippen LogP contribution >= 0.6 is 22.9 Å². The molecular formula is C21H17ClN4O2S2. The summed E-state index contributed by atoms with van der Waals surface area (Å²) in [6, 6.07) is 16.7. The van der Waals surface area contributed by atoms with Crippen molar-refractivity contribution in [1.29, 1.82) is 0 Å². The molecule has 2 aromatic carbocycles. The third-order valence-corrected chi connectivity index (χ3v) is 6.62. The highest BCUT2D eigenvalue weighted by Gasteiger charge is 2.13. The molecule has 0 spiro atoms. The molecule has 4 rings (SSSR count). The number of sulfonamides is 1. The van der Waals surface area contributed by atoms with Gasteiger partial charge in [-0.05, 0) is 42.3 Å². The Kier molecular flexibility index (Phi) is 5.57. The van der Waals surface area contributed by atoms with Gasteiger partial charge in [0.05, 0.1) is 21.8 Å². The normalized spacial score (nSPS) is 11.4. The minimum Gasteiger partial charge on any atom is -0.324 e. The summed E-state index contributed by atoms with van der Waals surface area (Å²) in [5, 5.41) is 10.8. The van der Waals surface area contributed by atoms with Gasteiger partial charge in [0, 0.05) is 21.5 Å². The number of rotatable bonds is 5. The number of primary sulfonamides is 1. The van der Waals surface area contributed by atoms with Gasteiger partial charge in [-0.1, -0.05) is 41.9 Å². The van der Waals surface area contributed by atoms with Crippen LogP contribution in [0.2, 0.25) is 5.02 Å². The molecule has 0 aliphatic heterocycles. The molecular weight excluding hydrogens is 440 g/mol. The maximum Gasteiger partial charge on any atom is 0.238 e. The summed E-state index contributed by atoms with van der Waals surface area (Å²) in [7, 11) is -3.76. The Morgan fingerprint density at radius 3 is 2.53 bits per heavy atom. The van der Waals surface area contributed by atoms with Crippen LogP contribution in [0.5, 0.6) is 0 Å². The van der Waals surface area contributed by atoms with Gasteiger partial charge in [0.1, 0.15) is 0 Å². The van der Waals surface area contributed by atoms with Gasteiger partial charge >= 0.3 is 0 Å². The van der Waals surface area contributed by atoms with Crippen LogP contribution in [0, 0.1) is 6.92 Å². The third-order valence-electron chi connectivity index (χ3n) is 4.45. The van der Waals surface area contributed by atoms with Crippen LogP contribution in [0.15, 0.2) is 71.1 Å². The summed E-state index contributed by atoms with van der Waals surface area (Å²) in [5.41, 5.74) is 4.01. The van der Waals surface area contributed by atoms with E-state index in [1.165, 1.54) is 12.1 Å². The number of anilines is 2. The number of aryl methyl sites for hydroxylation is 1. The van der Waals surface area contributed by atoms with E-state index < -0.39 is 10.0 Å². The van der Waals surface area contributed by atoms with Crippen LogP contribution in [0.1, 0.15) is 5.56 Å².